The summed E-state index contributed by atoms with van der Waals surface area (Å²) < 4.78 is 25.9. The van der Waals surface area contributed by atoms with Crippen LogP contribution in [0.15, 0.2) is 36.4 Å². The van der Waals surface area contributed by atoms with Crippen LogP contribution in [0.2, 0.25) is 0 Å². The second kappa shape index (κ2) is 11.4. The van der Waals surface area contributed by atoms with Crippen molar-refractivity contribution in [1.29, 1.82) is 0 Å². The van der Waals surface area contributed by atoms with E-state index < -0.39 is 0 Å². The molecule has 2 heterocycles. The van der Waals surface area contributed by atoms with E-state index in [1.165, 1.54) is 6.07 Å². The average molecular weight is 467 g/mol. The van der Waals surface area contributed by atoms with Crippen molar-refractivity contribution in [3.63, 3.8) is 0 Å². The maximum absolute atomic E-state index is 13.8. The number of benzene rings is 2. The van der Waals surface area contributed by atoms with Gasteiger partial charge in [0.1, 0.15) is 5.82 Å². The van der Waals surface area contributed by atoms with Gasteiger partial charge >= 0.3 is 0 Å². The van der Waals surface area contributed by atoms with E-state index in [0.29, 0.717) is 43.4 Å². The number of hydrogen-bond donors (Lipinski definition) is 1. The van der Waals surface area contributed by atoms with Gasteiger partial charge in [0.05, 0.1) is 13.2 Å². The Morgan fingerprint density at radius 2 is 1.71 bits per heavy atom. The van der Waals surface area contributed by atoms with Gasteiger partial charge in [-0.2, -0.15) is 0 Å². The van der Waals surface area contributed by atoms with E-state index in [1.54, 1.807) is 12.1 Å². The number of fused-ring (bicyclic) bond motifs is 3. The van der Waals surface area contributed by atoms with E-state index >= 15 is 0 Å². The van der Waals surface area contributed by atoms with Gasteiger partial charge in [0.2, 0.25) is 0 Å². The lowest BCUT2D eigenvalue weighted by Crippen LogP contribution is -2.35. The van der Waals surface area contributed by atoms with Crippen LogP contribution in [0.5, 0.6) is 11.5 Å². The van der Waals surface area contributed by atoms with Crippen LogP contribution in [-0.4, -0.2) is 35.5 Å². The summed E-state index contributed by atoms with van der Waals surface area (Å²) >= 11 is 0. The van der Waals surface area contributed by atoms with Crippen LogP contribution in [0.1, 0.15) is 74.0 Å². The van der Waals surface area contributed by atoms with Gasteiger partial charge in [0, 0.05) is 47.2 Å². The van der Waals surface area contributed by atoms with Gasteiger partial charge in [-0.05, 0) is 49.2 Å². The summed E-state index contributed by atoms with van der Waals surface area (Å²) in [5, 5.41) is 0.850. The van der Waals surface area contributed by atoms with E-state index in [9.17, 15) is 9.18 Å². The van der Waals surface area contributed by atoms with Crippen LogP contribution in [0.4, 0.5) is 4.39 Å². The van der Waals surface area contributed by atoms with Gasteiger partial charge in [0.25, 0.3) is 5.91 Å². The van der Waals surface area contributed by atoms with E-state index in [4.69, 9.17) is 9.47 Å². The Hall–Kier alpha value is -3.02. The van der Waals surface area contributed by atoms with Gasteiger partial charge in [-0.1, -0.05) is 39.5 Å². The number of rotatable bonds is 11. The molecule has 0 atom stereocenters. The highest BCUT2D eigenvalue weighted by molar-refractivity contribution is 5.95. The van der Waals surface area contributed by atoms with E-state index in [2.05, 4.69) is 18.8 Å². The van der Waals surface area contributed by atoms with Crippen molar-refractivity contribution in [1.82, 2.24) is 9.88 Å². The highest BCUT2D eigenvalue weighted by atomic mass is 19.1. The molecule has 3 aromatic rings. The topological polar surface area (TPSA) is 54.6 Å². The number of unbranched alkanes of at least 4 members (excludes halogenated alkanes) is 4. The van der Waals surface area contributed by atoms with E-state index in [0.717, 1.165) is 67.1 Å². The van der Waals surface area contributed by atoms with E-state index in [-0.39, 0.29) is 11.7 Å². The maximum atomic E-state index is 13.8. The molecule has 1 aliphatic rings. The van der Waals surface area contributed by atoms with Crippen molar-refractivity contribution >= 4 is 16.8 Å². The van der Waals surface area contributed by atoms with Crippen molar-refractivity contribution in [2.24, 2.45) is 0 Å². The number of aromatic amines is 1. The summed E-state index contributed by atoms with van der Waals surface area (Å²) in [5.41, 5.74) is 3.58. The third kappa shape index (κ3) is 5.54. The lowest BCUT2D eigenvalue weighted by molar-refractivity contribution is 0.0734. The number of ether oxygens (including phenoxy) is 2. The fourth-order valence-corrected chi connectivity index (χ4v) is 4.48. The molecule has 0 spiro atoms. The number of amides is 1. The van der Waals surface area contributed by atoms with Crippen molar-refractivity contribution in [2.75, 3.05) is 19.8 Å². The molecule has 0 aliphatic carbocycles. The Kier molecular flexibility index (Phi) is 8.09. The Bertz CT molecular complexity index is 1120. The minimum absolute atomic E-state index is 0.0488. The molecule has 1 amide bonds. The van der Waals surface area contributed by atoms with Crippen LogP contribution < -0.4 is 9.47 Å². The molecule has 0 saturated heterocycles. The molecule has 0 bridgehead atoms. The highest BCUT2D eigenvalue weighted by Crippen LogP contribution is 2.32. The predicted octanol–water partition coefficient (Wildman–Crippen LogP) is 6.64. The summed E-state index contributed by atoms with van der Waals surface area (Å²) in [5.74, 6) is 1.01. The smallest absolute Gasteiger partial charge is 0.254 e. The second-order valence-corrected chi connectivity index (χ2v) is 9.02. The summed E-state index contributed by atoms with van der Waals surface area (Å²) in [6.07, 6.45) is 7.17. The predicted molar refractivity (Wildman–Crippen MR) is 133 cm³/mol. The molecule has 1 aromatic heterocycles. The van der Waals surface area contributed by atoms with Crippen molar-refractivity contribution < 1.29 is 18.7 Å². The molecule has 182 valence electrons. The summed E-state index contributed by atoms with van der Waals surface area (Å²) in [4.78, 5) is 18.6. The monoisotopic (exact) mass is 466 g/mol. The summed E-state index contributed by atoms with van der Waals surface area (Å²) in [7, 11) is 0. The fraction of sp³-hybridized carbons (Fsp3) is 0.464. The molecule has 6 heteroatoms. The highest BCUT2D eigenvalue weighted by Gasteiger charge is 2.26. The first-order valence-corrected chi connectivity index (χ1v) is 12.6. The number of nitrogens with zero attached hydrogens (tertiary/aromatic N) is 1. The summed E-state index contributed by atoms with van der Waals surface area (Å²) in [6, 6.07) is 10.3. The van der Waals surface area contributed by atoms with Crippen molar-refractivity contribution in [3.05, 3.63) is 59.0 Å². The van der Waals surface area contributed by atoms with Gasteiger partial charge in [0.15, 0.2) is 11.5 Å². The number of hydrogen-bond acceptors (Lipinski definition) is 3. The zero-order chi connectivity index (χ0) is 23.9. The van der Waals surface area contributed by atoms with E-state index in [1.807, 2.05) is 23.1 Å². The molecular formula is C28H35FN2O3. The molecule has 34 heavy (non-hydrogen) atoms. The standard InChI is InChI=1S/C28H35FN2O3/c1-3-5-7-15-33-26-12-9-20(17-27(26)34-16-8-6-4-2)28(32)31-14-13-25-23(19-31)22-18-21(29)10-11-24(22)30-25/h9-12,17-18,30H,3-8,13-16,19H2,1-2H3. The minimum atomic E-state index is -0.267. The number of carbonyl (C=O) groups excluding carboxylic acids is 1. The Balaban J connectivity index is 1.51. The quantitative estimate of drug-likeness (QED) is 0.322. The SMILES string of the molecule is CCCCCOc1ccc(C(=O)N2CCc3[nH]c4ccc(F)cc4c3C2)cc1OCCCCC. The first kappa shape index (κ1) is 24.1. The Morgan fingerprint density at radius 3 is 2.44 bits per heavy atom. The summed E-state index contributed by atoms with van der Waals surface area (Å²) in [6.45, 7) is 6.64. The number of aromatic nitrogens is 1. The molecule has 5 nitrogen and oxygen atoms in total. The average Bonchev–Trinajstić information content (AvgIpc) is 3.21. The van der Waals surface area contributed by atoms with Crippen LogP contribution >= 0.6 is 0 Å². The molecule has 2 aromatic carbocycles. The first-order chi connectivity index (χ1) is 16.6. The van der Waals surface area contributed by atoms with Gasteiger partial charge in [-0.15, -0.1) is 0 Å². The maximum Gasteiger partial charge on any atom is 0.254 e. The molecular weight excluding hydrogens is 431 g/mol. The minimum Gasteiger partial charge on any atom is -0.490 e. The number of carbonyl (C=O) groups is 1. The molecule has 4 rings (SSSR count). The zero-order valence-electron chi connectivity index (χ0n) is 20.3. The molecule has 1 aliphatic heterocycles. The third-order valence-electron chi connectivity index (χ3n) is 6.43. The normalized spacial score (nSPS) is 13.2. The number of nitrogens with one attached hydrogen (secondary N) is 1. The van der Waals surface area contributed by atoms with Crippen LogP contribution in [0.3, 0.4) is 0 Å². The van der Waals surface area contributed by atoms with Crippen molar-refractivity contribution in [3.8, 4) is 11.5 Å². The fourth-order valence-electron chi connectivity index (χ4n) is 4.48. The number of halogens is 1. The van der Waals surface area contributed by atoms with Gasteiger partial charge in [-0.25, -0.2) is 4.39 Å². The molecule has 0 saturated carbocycles. The third-order valence-corrected chi connectivity index (χ3v) is 6.43. The second-order valence-electron chi connectivity index (χ2n) is 9.02. The molecule has 0 fully saturated rings. The van der Waals surface area contributed by atoms with Crippen LogP contribution in [0, 0.1) is 5.82 Å². The van der Waals surface area contributed by atoms with Gasteiger partial charge in [-0.3, -0.25) is 4.79 Å². The number of H-pyrrole nitrogens is 1. The zero-order valence-corrected chi connectivity index (χ0v) is 20.3. The Labute approximate surface area is 201 Å². The molecule has 0 unspecified atom stereocenters. The van der Waals surface area contributed by atoms with Crippen molar-refractivity contribution in [2.45, 2.75) is 65.3 Å². The molecule has 0 radical (unpaired) electrons. The largest absolute Gasteiger partial charge is 0.490 e. The lowest BCUT2D eigenvalue weighted by atomic mass is 10.0. The van der Waals surface area contributed by atoms with Gasteiger partial charge < -0.3 is 19.4 Å². The van der Waals surface area contributed by atoms with Crippen LogP contribution in [0.25, 0.3) is 10.9 Å². The molecule has 1 N–H and O–H groups in total. The first-order valence-electron chi connectivity index (χ1n) is 12.6. The Morgan fingerprint density at radius 1 is 0.971 bits per heavy atom. The lowest BCUT2D eigenvalue weighted by Gasteiger charge is -2.27. The van der Waals surface area contributed by atoms with Crippen LogP contribution in [-0.2, 0) is 13.0 Å².